The maximum Gasteiger partial charge on any atom is 0.264 e. The molecule has 0 spiro atoms. The van der Waals surface area contributed by atoms with E-state index in [0.29, 0.717) is 29.4 Å². The largest absolute Gasteiger partial charge is 0.494 e. The molecule has 1 aliphatic rings. The summed E-state index contributed by atoms with van der Waals surface area (Å²) in [7, 11) is -1.38. The van der Waals surface area contributed by atoms with Gasteiger partial charge in [0.2, 0.25) is 0 Å². The summed E-state index contributed by atoms with van der Waals surface area (Å²) in [6.07, 6.45) is 4.60. The maximum absolute atomic E-state index is 13.8. The smallest absolute Gasteiger partial charge is 0.264 e. The lowest BCUT2D eigenvalue weighted by molar-refractivity contribution is -0.134. The van der Waals surface area contributed by atoms with Crippen LogP contribution in [-0.4, -0.2) is 78.4 Å². The average Bonchev–Trinajstić information content (AvgIpc) is 3.07. The van der Waals surface area contributed by atoms with E-state index < -0.39 is 22.5 Å². The number of likely N-dealkylation sites (tertiary alicyclic amines) is 1. The van der Waals surface area contributed by atoms with Gasteiger partial charge in [-0.25, -0.2) is 13.8 Å². The van der Waals surface area contributed by atoms with Gasteiger partial charge in [-0.1, -0.05) is 0 Å². The number of piperidine rings is 1. The Morgan fingerprint density at radius 2 is 1.53 bits per heavy atom. The minimum atomic E-state index is -4.23. The average molecular weight is 639 g/mol. The molecule has 1 saturated heterocycles. The predicted octanol–water partition coefficient (Wildman–Crippen LogP) is 3.84. The first-order valence-corrected chi connectivity index (χ1v) is 16.0. The molecular weight excluding hydrogens is 600 g/mol. The molecule has 0 aliphatic carbocycles. The lowest BCUT2D eigenvalue weighted by Gasteiger charge is -2.26. The van der Waals surface area contributed by atoms with Crippen molar-refractivity contribution >= 4 is 33.7 Å². The highest BCUT2D eigenvalue weighted by atomic mass is 32.2. The molecule has 0 saturated carbocycles. The van der Waals surface area contributed by atoms with Crippen LogP contribution in [0.15, 0.2) is 76.7 Å². The normalized spacial score (nSPS) is 13.3. The third-order valence-electron chi connectivity index (χ3n) is 7.02. The van der Waals surface area contributed by atoms with Crippen molar-refractivity contribution in [1.82, 2.24) is 10.3 Å². The second-order valence-corrected chi connectivity index (χ2v) is 11.9. The molecule has 0 unspecified atom stereocenters. The number of anilines is 1. The van der Waals surface area contributed by atoms with Gasteiger partial charge in [0.25, 0.3) is 21.8 Å². The van der Waals surface area contributed by atoms with Crippen LogP contribution in [-0.2, 0) is 19.6 Å². The fourth-order valence-corrected chi connectivity index (χ4v) is 6.11. The third kappa shape index (κ3) is 8.88. The van der Waals surface area contributed by atoms with E-state index in [1.165, 1.54) is 38.6 Å². The van der Waals surface area contributed by atoms with Crippen LogP contribution in [0.3, 0.4) is 0 Å². The van der Waals surface area contributed by atoms with Crippen molar-refractivity contribution in [2.75, 3.05) is 51.4 Å². The molecule has 0 aromatic heterocycles. The van der Waals surface area contributed by atoms with Gasteiger partial charge in [-0.15, -0.1) is 0 Å². The third-order valence-corrected chi connectivity index (χ3v) is 8.79. The van der Waals surface area contributed by atoms with Gasteiger partial charge in [0, 0.05) is 19.2 Å². The molecule has 0 atom stereocenters. The highest BCUT2D eigenvalue weighted by Gasteiger charge is 2.28. The minimum absolute atomic E-state index is 0.0272. The van der Waals surface area contributed by atoms with E-state index in [-0.39, 0.29) is 28.8 Å². The molecule has 1 fully saturated rings. The van der Waals surface area contributed by atoms with E-state index in [2.05, 4.69) is 10.5 Å². The fraction of sp³-hybridized carbons (Fsp3) is 0.344. The molecule has 3 aromatic carbocycles. The minimum Gasteiger partial charge on any atom is -0.494 e. The van der Waals surface area contributed by atoms with Gasteiger partial charge in [0.15, 0.2) is 18.1 Å². The summed E-state index contributed by atoms with van der Waals surface area (Å²) in [5.41, 5.74) is 3.30. The number of hydrazone groups is 1. The van der Waals surface area contributed by atoms with Crippen molar-refractivity contribution in [2.24, 2.45) is 5.10 Å². The summed E-state index contributed by atoms with van der Waals surface area (Å²) in [6, 6.07) is 17.4. The Hall–Kier alpha value is -4.78. The van der Waals surface area contributed by atoms with Gasteiger partial charge in [-0.05, 0) is 92.4 Å². The van der Waals surface area contributed by atoms with E-state index >= 15 is 0 Å². The molecule has 45 heavy (non-hydrogen) atoms. The SMILES string of the molecule is CCOc1ccc(N(CC(=O)N/N=C\c2ccc(OCC(=O)N3CCCCC3)cc2)S(=O)(=O)c2ccc(OC)c(OC)c2)cc1. The van der Waals surface area contributed by atoms with E-state index in [9.17, 15) is 18.0 Å². The predicted molar refractivity (Wildman–Crippen MR) is 170 cm³/mol. The van der Waals surface area contributed by atoms with Crippen molar-refractivity contribution in [3.05, 3.63) is 72.3 Å². The summed E-state index contributed by atoms with van der Waals surface area (Å²) >= 11 is 0. The van der Waals surface area contributed by atoms with Crippen molar-refractivity contribution < 1.29 is 37.0 Å². The summed E-state index contributed by atoms with van der Waals surface area (Å²) in [5.74, 6) is 0.985. The van der Waals surface area contributed by atoms with E-state index in [1.807, 2.05) is 11.8 Å². The zero-order valence-corrected chi connectivity index (χ0v) is 26.4. The summed E-state index contributed by atoms with van der Waals surface area (Å²) in [4.78, 5) is 27.0. The van der Waals surface area contributed by atoms with E-state index in [0.717, 1.165) is 36.7 Å². The van der Waals surface area contributed by atoms with Gasteiger partial charge < -0.3 is 23.8 Å². The van der Waals surface area contributed by atoms with Crippen LogP contribution in [0.5, 0.6) is 23.0 Å². The summed E-state index contributed by atoms with van der Waals surface area (Å²) < 4.78 is 50.2. The number of methoxy groups -OCH3 is 2. The molecule has 1 heterocycles. The Bertz CT molecular complexity index is 1570. The molecular formula is C32H38N4O8S. The van der Waals surface area contributed by atoms with Crippen LogP contribution >= 0.6 is 0 Å². The highest BCUT2D eigenvalue weighted by Crippen LogP contribution is 2.32. The van der Waals surface area contributed by atoms with Crippen molar-refractivity contribution in [3.8, 4) is 23.0 Å². The van der Waals surface area contributed by atoms with Gasteiger partial charge in [0.1, 0.15) is 18.0 Å². The quantitative estimate of drug-likeness (QED) is 0.208. The van der Waals surface area contributed by atoms with Crippen LogP contribution in [0.4, 0.5) is 5.69 Å². The number of hydrogen-bond acceptors (Lipinski definition) is 9. The lowest BCUT2D eigenvalue weighted by atomic mass is 10.1. The fourth-order valence-electron chi connectivity index (χ4n) is 4.67. The van der Waals surface area contributed by atoms with Gasteiger partial charge in [-0.3, -0.25) is 13.9 Å². The van der Waals surface area contributed by atoms with Crippen molar-refractivity contribution in [3.63, 3.8) is 0 Å². The first-order valence-electron chi connectivity index (χ1n) is 14.5. The number of carbonyl (C=O) groups is 2. The number of sulfonamides is 1. The molecule has 3 aromatic rings. The molecule has 240 valence electrons. The Labute approximate surface area is 263 Å². The molecule has 1 N–H and O–H groups in total. The zero-order chi connectivity index (χ0) is 32.2. The van der Waals surface area contributed by atoms with E-state index in [1.54, 1.807) is 48.5 Å². The number of rotatable bonds is 14. The number of nitrogens with one attached hydrogen (secondary N) is 1. The van der Waals surface area contributed by atoms with Crippen LogP contribution in [0, 0.1) is 0 Å². The number of ether oxygens (including phenoxy) is 4. The maximum atomic E-state index is 13.8. The lowest BCUT2D eigenvalue weighted by Crippen LogP contribution is -2.39. The van der Waals surface area contributed by atoms with Crippen LogP contribution < -0.4 is 28.7 Å². The number of benzene rings is 3. The first kappa shape index (κ1) is 33.1. The Morgan fingerprint density at radius 3 is 2.18 bits per heavy atom. The van der Waals surface area contributed by atoms with Gasteiger partial charge >= 0.3 is 0 Å². The van der Waals surface area contributed by atoms with Crippen molar-refractivity contribution in [2.45, 2.75) is 31.1 Å². The molecule has 1 aliphatic heterocycles. The molecule has 13 heteroatoms. The van der Waals surface area contributed by atoms with Crippen LogP contribution in [0.2, 0.25) is 0 Å². The van der Waals surface area contributed by atoms with E-state index in [4.69, 9.17) is 18.9 Å². The zero-order valence-electron chi connectivity index (χ0n) is 25.6. The summed E-state index contributed by atoms with van der Waals surface area (Å²) in [6.45, 7) is 3.24. The Morgan fingerprint density at radius 1 is 0.889 bits per heavy atom. The molecule has 0 bridgehead atoms. The molecule has 2 amide bonds. The second kappa shape index (κ2) is 15.8. The van der Waals surface area contributed by atoms with Gasteiger partial charge in [0.05, 0.1) is 37.6 Å². The Kier molecular flexibility index (Phi) is 11.6. The number of hydrogen-bond donors (Lipinski definition) is 1. The topological polar surface area (TPSA) is 136 Å². The second-order valence-electron chi connectivity index (χ2n) is 10.0. The highest BCUT2D eigenvalue weighted by molar-refractivity contribution is 7.92. The molecule has 0 radical (unpaired) electrons. The van der Waals surface area contributed by atoms with Crippen molar-refractivity contribution in [1.29, 1.82) is 0 Å². The number of amides is 2. The number of nitrogens with zero attached hydrogens (tertiary/aromatic N) is 3. The van der Waals surface area contributed by atoms with Crippen LogP contribution in [0.1, 0.15) is 31.7 Å². The monoisotopic (exact) mass is 638 g/mol. The van der Waals surface area contributed by atoms with Crippen LogP contribution in [0.25, 0.3) is 0 Å². The number of carbonyl (C=O) groups excluding carboxylic acids is 2. The van der Waals surface area contributed by atoms with Gasteiger partial charge in [-0.2, -0.15) is 5.10 Å². The Balaban J connectivity index is 1.43. The molecule has 12 nitrogen and oxygen atoms in total. The standard InChI is InChI=1S/C32H38N4O8S/c1-4-43-26-14-10-25(11-15-26)36(45(39,40)28-16-17-29(41-2)30(20-28)42-3)22-31(37)34-33-21-24-8-12-27(13-9-24)44-23-32(38)35-18-6-5-7-19-35/h8-17,20-21H,4-7,18-19,22-23H2,1-3H3,(H,34,37)/b33-21-. The molecule has 4 rings (SSSR count). The first-order chi connectivity index (χ1) is 21.7. The summed E-state index contributed by atoms with van der Waals surface area (Å²) in [5, 5.41) is 3.99.